The zero-order valence-electron chi connectivity index (χ0n) is 51.7. The summed E-state index contributed by atoms with van der Waals surface area (Å²) >= 11 is 5.31. The number of halogens is 17. The van der Waals surface area contributed by atoms with Crippen molar-refractivity contribution in [1.82, 2.24) is 10.2 Å². The number of sulfone groups is 1. The molecule has 1 aliphatic rings. The molecule has 0 aromatic heterocycles. The Hall–Kier alpha value is -10.3. The molecular weight excluding hydrogens is 1410 g/mol. The summed E-state index contributed by atoms with van der Waals surface area (Å²) in [5.41, 5.74) is -14.6. The summed E-state index contributed by atoms with van der Waals surface area (Å²) < 4.78 is 262. The average Bonchev–Trinajstić information content (AvgIpc) is 1.54. The molecule has 1 unspecified atom stereocenters. The van der Waals surface area contributed by atoms with Crippen LogP contribution in [0.15, 0.2) is 126 Å². The van der Waals surface area contributed by atoms with Crippen LogP contribution in [0.2, 0.25) is 0 Å². The molecule has 2 amide bonds. The van der Waals surface area contributed by atoms with E-state index in [1.807, 2.05) is 6.07 Å². The first-order valence-corrected chi connectivity index (χ1v) is 29.8. The van der Waals surface area contributed by atoms with Crippen molar-refractivity contribution < 1.29 is 122 Å². The van der Waals surface area contributed by atoms with Gasteiger partial charge in [-0.3, -0.25) is 24.1 Å². The van der Waals surface area contributed by atoms with Crippen molar-refractivity contribution in [2.75, 3.05) is 31.0 Å². The van der Waals surface area contributed by atoms with Crippen LogP contribution in [-0.4, -0.2) is 113 Å². The molecule has 0 saturated carbocycles. The molecule has 0 radical (unpaired) electrons. The van der Waals surface area contributed by atoms with Crippen molar-refractivity contribution >= 4 is 73.3 Å². The Morgan fingerprint density at radius 1 is 0.620 bits per heavy atom. The first-order chi connectivity index (χ1) is 45.9. The predicted molar refractivity (Wildman–Crippen MR) is 323 cm³/mol. The second-order valence-corrected chi connectivity index (χ2v) is 24.6. The summed E-state index contributed by atoms with van der Waals surface area (Å²) in [5.74, 6) is -22.0. The Bertz CT molecular complexity index is 4420. The number of ketones is 2. The third-order valence-electron chi connectivity index (χ3n) is 14.5. The number of alkyl halides is 15. The van der Waals surface area contributed by atoms with Gasteiger partial charge in [-0.15, -0.1) is 0 Å². The molecule has 0 spiro atoms. The van der Waals surface area contributed by atoms with Gasteiger partial charge in [-0.25, -0.2) is 31.7 Å². The minimum atomic E-state index is -6.00. The number of hydrogen-bond donors (Lipinski definition) is 3. The van der Waals surface area contributed by atoms with Crippen molar-refractivity contribution in [3.05, 3.63) is 206 Å². The Morgan fingerprint density at radius 2 is 1.05 bits per heavy atom. The molecule has 0 aliphatic carbocycles. The van der Waals surface area contributed by atoms with Crippen molar-refractivity contribution in [1.29, 1.82) is 5.26 Å². The summed E-state index contributed by atoms with van der Waals surface area (Å²) in [7, 11) is -2.95. The van der Waals surface area contributed by atoms with E-state index in [2.05, 4.69) is 19.9 Å². The van der Waals surface area contributed by atoms with Crippen LogP contribution in [0.5, 0.6) is 11.5 Å². The van der Waals surface area contributed by atoms with Gasteiger partial charge in [-0.1, -0.05) is 42.5 Å². The minimum absolute atomic E-state index is 0.0248. The Morgan fingerprint density at radius 3 is 1.47 bits per heavy atom. The standard InChI is InChI=1S/C23H18F6N4O3S.C21H15F5N2O3.C20H15F6NO4S/c1-21(2)19(35)33(12-5-8-17(30-3)15(9-12)22(25,26)23(27,28)29)20(37)32(21)11-36-13-6-7-14(16(24)10-13)18(34)31-4;1-19(30,12-31-15-6-3-13(11-27)4-7-15)18(29)10-14-5-8-17(28-2)16(9-14)20(22,23)21(24,25)26;1-18(29,11-32(30,31)14-6-4-13(21)5-7-14)17(28)10-12-3-8-16(27-2)15(9-12)19(22,23)20(24,25)26/h5-10H,11H2,1-2,4H3,(H,31,34);3-9,30H,10,12H2,1H3;3-9,29H,10-11H2,1H3/t;19-;/m.0./s1. The van der Waals surface area contributed by atoms with Gasteiger partial charge in [0.1, 0.15) is 40.9 Å². The Labute approximate surface area is 561 Å². The number of hydrogen-bond acceptors (Lipinski definition) is 12. The van der Waals surface area contributed by atoms with Gasteiger partial charge in [-0.05, 0) is 124 Å². The topological polar surface area (TPSA) is 217 Å². The highest BCUT2D eigenvalue weighted by Gasteiger charge is 2.62. The SMILES string of the molecule is [C-]#[N+]c1ccc(CC(=O)C(C)(O)CS(=O)(=O)c2ccc(F)cc2)cc1C(F)(F)C(F)(F)F.[C-]#[N+]c1ccc(CC(=O)[C@@](C)(O)COc2ccc(C#N)cc2)cc1C(F)(F)C(F)(F)F.[C-]#[N+]c1ccc(N2C(=O)C(C)(C)N(COc3ccc(C(=O)NC)c(F)c3)C2=S)cc1C(F)(F)C(F)(F)F. The first kappa shape index (κ1) is 80.4. The third kappa shape index (κ3) is 18.0. The molecule has 1 aliphatic heterocycles. The van der Waals surface area contributed by atoms with E-state index < -0.39 is 169 Å². The number of amides is 2. The van der Waals surface area contributed by atoms with E-state index in [4.69, 9.17) is 46.7 Å². The fourth-order valence-electron chi connectivity index (χ4n) is 8.74. The van der Waals surface area contributed by atoms with Crippen molar-refractivity contribution in [2.45, 2.75) is 98.5 Å². The summed E-state index contributed by atoms with van der Waals surface area (Å²) in [6.07, 6.45) is -19.4. The summed E-state index contributed by atoms with van der Waals surface area (Å²) in [6.45, 7) is 24.4. The molecule has 2 atom stereocenters. The number of rotatable bonds is 20. The average molecular weight is 1460 g/mol. The molecule has 6 aromatic rings. The van der Waals surface area contributed by atoms with Crippen molar-refractivity contribution in [3.63, 3.8) is 0 Å². The highest BCUT2D eigenvalue weighted by Crippen LogP contribution is 2.51. The summed E-state index contributed by atoms with van der Waals surface area (Å²) in [5, 5.41) is 31.5. The minimum Gasteiger partial charge on any atom is -0.490 e. The monoisotopic (exact) mass is 1460 g/mol. The van der Waals surface area contributed by atoms with E-state index in [0.29, 0.717) is 29.8 Å². The van der Waals surface area contributed by atoms with Gasteiger partial charge in [0.2, 0.25) is 0 Å². The van der Waals surface area contributed by atoms with Crippen LogP contribution in [-0.2, 0) is 54.8 Å². The van der Waals surface area contributed by atoms with Gasteiger partial charge < -0.3 is 29.9 Å². The first-order valence-electron chi connectivity index (χ1n) is 27.7. The smallest absolute Gasteiger partial charge is 0.456 e. The van der Waals surface area contributed by atoms with Crippen LogP contribution >= 0.6 is 12.2 Å². The van der Waals surface area contributed by atoms with Gasteiger partial charge in [0.05, 0.1) is 47.6 Å². The highest BCUT2D eigenvalue weighted by atomic mass is 32.2. The maximum absolute atomic E-state index is 14.2. The zero-order valence-corrected chi connectivity index (χ0v) is 53.3. The maximum atomic E-state index is 14.2. The van der Waals surface area contributed by atoms with Gasteiger partial charge in [0.15, 0.2) is 55.9 Å². The van der Waals surface area contributed by atoms with Crippen LogP contribution in [0, 0.1) is 42.7 Å². The maximum Gasteiger partial charge on any atom is 0.456 e. The van der Waals surface area contributed by atoms with E-state index in [-0.39, 0.29) is 38.2 Å². The largest absolute Gasteiger partial charge is 0.490 e. The van der Waals surface area contributed by atoms with Gasteiger partial charge in [0, 0.05) is 48.3 Å². The lowest BCUT2D eigenvalue weighted by atomic mass is 9.93. The normalized spacial score (nSPS) is 14.6. The Balaban J connectivity index is 0.000000272. The molecule has 7 rings (SSSR count). The number of anilines is 1. The number of carbonyl (C=O) groups excluding carboxylic acids is 4. The number of Topliss-reactive ketones (excluding diaryl/α,β-unsaturated/α-hetero) is 2. The summed E-state index contributed by atoms with van der Waals surface area (Å²) in [4.78, 5) is 59.3. The van der Waals surface area contributed by atoms with E-state index in [0.717, 1.165) is 79.4 Å². The zero-order chi connectivity index (χ0) is 75.9. The lowest BCUT2D eigenvalue weighted by molar-refractivity contribution is -0.289. The fourth-order valence-corrected chi connectivity index (χ4v) is 10.8. The van der Waals surface area contributed by atoms with Crippen molar-refractivity contribution in [3.8, 4) is 17.6 Å². The van der Waals surface area contributed by atoms with Gasteiger partial charge in [0.25, 0.3) is 11.8 Å². The van der Waals surface area contributed by atoms with Crippen LogP contribution in [0.3, 0.4) is 0 Å². The van der Waals surface area contributed by atoms with Gasteiger partial charge >= 0.3 is 36.3 Å². The number of aliphatic hydroxyl groups is 2. The van der Waals surface area contributed by atoms with E-state index >= 15 is 0 Å². The number of ether oxygens (including phenoxy) is 2. The summed E-state index contributed by atoms with van der Waals surface area (Å²) in [6, 6.07) is 21.0. The van der Waals surface area contributed by atoms with Crippen LogP contribution in [0.4, 0.5) is 97.4 Å². The van der Waals surface area contributed by atoms with Crippen LogP contribution < -0.4 is 19.7 Å². The lowest BCUT2D eigenvalue weighted by Crippen LogP contribution is -2.46. The van der Waals surface area contributed by atoms with E-state index in [1.165, 1.54) is 62.2 Å². The second kappa shape index (κ2) is 30.1. The molecule has 3 N–H and O–H groups in total. The molecular formula is C64H48F17N7O10S2. The molecule has 36 heteroatoms. The number of nitriles is 1. The fraction of sp³-hybridized carbons (Fsp3) is 0.297. The molecule has 1 heterocycles. The molecule has 17 nitrogen and oxygen atoms in total. The second-order valence-electron chi connectivity index (χ2n) is 22.2. The third-order valence-corrected chi connectivity index (χ3v) is 16.8. The number of thiocarbonyl (C=S) groups is 1. The van der Waals surface area contributed by atoms with Gasteiger partial charge in [-0.2, -0.15) is 71.1 Å². The van der Waals surface area contributed by atoms with E-state index in [1.54, 1.807) is 0 Å². The molecule has 6 aromatic carbocycles. The molecule has 1 fully saturated rings. The van der Waals surface area contributed by atoms with Crippen molar-refractivity contribution in [2.24, 2.45) is 0 Å². The molecule has 0 bridgehead atoms. The van der Waals surface area contributed by atoms with E-state index in [9.17, 15) is 112 Å². The number of carbonyl (C=O) groups is 4. The highest BCUT2D eigenvalue weighted by molar-refractivity contribution is 7.91. The predicted octanol–water partition coefficient (Wildman–Crippen LogP) is 14.2. The molecule has 100 heavy (non-hydrogen) atoms. The molecule has 530 valence electrons. The quantitative estimate of drug-likeness (QED) is 0.0281. The Kier molecular flexibility index (Phi) is 24.2. The van der Waals surface area contributed by atoms with Crippen LogP contribution in [0.25, 0.3) is 14.5 Å². The molecule has 1 saturated heterocycles. The van der Waals surface area contributed by atoms with Crippen LogP contribution in [0.1, 0.15) is 71.4 Å². The number of benzene rings is 6. The number of nitrogens with one attached hydrogen (secondary N) is 1. The lowest BCUT2D eigenvalue weighted by Gasteiger charge is -2.29. The number of nitrogens with zero attached hydrogens (tertiary/aromatic N) is 6.